The number of unbranched alkanes of at least 4 members (excludes halogenated alkanes) is 13. The lowest BCUT2D eigenvalue weighted by molar-refractivity contribution is 0.480. The lowest BCUT2D eigenvalue weighted by Gasteiger charge is -2.11. The number of hydrogen-bond acceptors (Lipinski definition) is 1. The van der Waals surface area contributed by atoms with Crippen LogP contribution in [0.5, 0.6) is 5.75 Å². The zero-order chi connectivity index (χ0) is 18.2. The van der Waals surface area contributed by atoms with Gasteiger partial charge in [0.25, 0.3) is 0 Å². The Morgan fingerprint density at radius 2 is 1.16 bits per heavy atom. The van der Waals surface area contributed by atoms with E-state index >= 15 is 0 Å². The first-order valence-electron chi connectivity index (χ1n) is 10.5. The van der Waals surface area contributed by atoms with E-state index in [1.807, 2.05) is 18.2 Å². The van der Waals surface area contributed by atoms with E-state index in [4.69, 9.17) is 0 Å². The zero-order valence-electron chi connectivity index (χ0n) is 16.2. The molecule has 1 nitrogen and oxygen atoms in total. The average molecular weight is 429 g/mol. The van der Waals surface area contributed by atoms with Gasteiger partial charge in [0.15, 0.2) is 0 Å². The minimum absolute atomic E-state index is 0.375. The van der Waals surface area contributed by atoms with Gasteiger partial charge in [0.1, 0.15) is 5.75 Å². The van der Waals surface area contributed by atoms with Crippen LogP contribution in [0.4, 0.5) is 0 Å². The van der Waals surface area contributed by atoms with Crippen LogP contribution in [-0.4, -0.2) is 11.3 Å². The van der Waals surface area contributed by atoms with Gasteiger partial charge in [0.2, 0.25) is 0 Å². The first-order chi connectivity index (χ1) is 12.3. The van der Waals surface area contributed by atoms with Crippen LogP contribution in [0.3, 0.4) is 0 Å². The van der Waals surface area contributed by atoms with E-state index in [9.17, 15) is 5.11 Å². The highest BCUT2D eigenvalue weighted by molar-refractivity contribution is 9.40. The van der Waals surface area contributed by atoms with Crippen LogP contribution in [-0.2, 0) is 0 Å². The fourth-order valence-corrected chi connectivity index (χ4v) is 6.20. The van der Waals surface area contributed by atoms with Crippen molar-refractivity contribution < 1.29 is 5.11 Å². The molecule has 1 N–H and O–H groups in total. The summed E-state index contributed by atoms with van der Waals surface area (Å²) in [6, 6.07) is 7.73. The summed E-state index contributed by atoms with van der Waals surface area (Å²) in [5.41, 5.74) is 0. The number of phenolic OH excluding ortho intramolecular Hbond substituents is 1. The third-order valence-electron chi connectivity index (χ3n) is 4.85. The molecule has 0 aliphatic rings. The quantitative estimate of drug-likeness (QED) is 0.207. The molecule has 0 saturated heterocycles. The second-order valence-electron chi connectivity index (χ2n) is 7.17. The van der Waals surface area contributed by atoms with Crippen LogP contribution >= 0.6 is 22.1 Å². The van der Waals surface area contributed by atoms with Gasteiger partial charge < -0.3 is 5.11 Å². The molecule has 1 atom stereocenters. The van der Waals surface area contributed by atoms with Crippen LogP contribution in [0.15, 0.2) is 24.3 Å². The summed E-state index contributed by atoms with van der Waals surface area (Å²) in [6.07, 6.45) is 20.8. The molecule has 3 heteroatoms. The molecule has 0 aliphatic carbocycles. The maximum atomic E-state index is 9.88. The maximum Gasteiger partial charge on any atom is 0.124 e. The molecule has 0 spiro atoms. The first kappa shape index (κ1) is 23.0. The lowest BCUT2D eigenvalue weighted by Crippen LogP contribution is -1.99. The molecule has 0 fully saturated rings. The second-order valence-corrected chi connectivity index (χ2v) is 11.4. The van der Waals surface area contributed by atoms with Crippen molar-refractivity contribution >= 4 is 27.4 Å². The Kier molecular flexibility index (Phi) is 14.8. The fourth-order valence-electron chi connectivity index (χ4n) is 3.23. The molecule has 1 unspecified atom stereocenters. The number of phenols is 1. The normalized spacial score (nSPS) is 12.4. The summed E-state index contributed by atoms with van der Waals surface area (Å²) < 4.78 is 0. The molecule has 0 heterocycles. The van der Waals surface area contributed by atoms with Gasteiger partial charge in [0.05, 0.1) is 0 Å². The molecule has 0 saturated carbocycles. The Hall–Kier alpha value is -0.0700. The molecular formula is C22H38BrOP. The van der Waals surface area contributed by atoms with Crippen LogP contribution in [0, 0.1) is 0 Å². The molecule has 1 aromatic rings. The molecule has 25 heavy (non-hydrogen) atoms. The van der Waals surface area contributed by atoms with Crippen LogP contribution < -0.4 is 5.30 Å². The largest absolute Gasteiger partial charge is 0.507 e. The minimum atomic E-state index is -0.375. The van der Waals surface area contributed by atoms with Crippen molar-refractivity contribution in [1.29, 1.82) is 0 Å². The third kappa shape index (κ3) is 12.0. The number of halogens is 1. The van der Waals surface area contributed by atoms with Gasteiger partial charge in [-0.25, -0.2) is 0 Å². The van der Waals surface area contributed by atoms with E-state index in [-0.39, 0.29) is 6.62 Å². The number of rotatable bonds is 16. The van der Waals surface area contributed by atoms with Crippen molar-refractivity contribution in [2.24, 2.45) is 0 Å². The monoisotopic (exact) mass is 428 g/mol. The highest BCUT2D eigenvalue weighted by Gasteiger charge is 2.10. The SMILES string of the molecule is CCCCCCCCCCCCCCCCP(Br)c1ccccc1O. The van der Waals surface area contributed by atoms with E-state index < -0.39 is 0 Å². The molecule has 0 aliphatic heterocycles. The number of hydrogen-bond donors (Lipinski definition) is 1. The predicted molar refractivity (Wildman–Crippen MR) is 119 cm³/mol. The summed E-state index contributed by atoms with van der Waals surface area (Å²) in [6.45, 7) is 1.91. The van der Waals surface area contributed by atoms with Gasteiger partial charge in [0, 0.05) is 5.30 Å². The molecule has 0 radical (unpaired) electrons. The van der Waals surface area contributed by atoms with Crippen LogP contribution in [0.25, 0.3) is 0 Å². The standard InChI is InChI=1S/C22H38BrOP/c1-2-3-4-5-6-7-8-9-10-11-12-13-14-17-20-25(23)22-19-16-15-18-21(22)24/h15-16,18-19,24H,2-14,17,20H2,1H3. The number of benzene rings is 1. The Morgan fingerprint density at radius 3 is 1.64 bits per heavy atom. The average Bonchev–Trinajstić information content (AvgIpc) is 2.62. The van der Waals surface area contributed by atoms with Gasteiger partial charge in [-0.15, -0.1) is 0 Å². The molecule has 144 valence electrons. The molecular weight excluding hydrogens is 391 g/mol. The zero-order valence-corrected chi connectivity index (χ0v) is 18.7. The van der Waals surface area contributed by atoms with Crippen molar-refractivity contribution in [2.45, 2.75) is 96.8 Å². The predicted octanol–water partition coefficient (Wildman–Crippen LogP) is 8.29. The van der Waals surface area contributed by atoms with Crippen molar-refractivity contribution in [2.75, 3.05) is 6.16 Å². The topological polar surface area (TPSA) is 20.2 Å². The summed E-state index contributed by atoms with van der Waals surface area (Å²) in [4.78, 5) is 0. The Labute approximate surface area is 165 Å². The summed E-state index contributed by atoms with van der Waals surface area (Å²) in [7, 11) is 0. The smallest absolute Gasteiger partial charge is 0.124 e. The molecule has 0 aromatic heterocycles. The van der Waals surface area contributed by atoms with E-state index in [1.165, 1.54) is 96.1 Å². The van der Waals surface area contributed by atoms with Crippen molar-refractivity contribution in [3.63, 3.8) is 0 Å². The van der Waals surface area contributed by atoms with Crippen molar-refractivity contribution in [1.82, 2.24) is 0 Å². The summed E-state index contributed by atoms with van der Waals surface area (Å²) >= 11 is 3.78. The Balaban J connectivity index is 1.85. The highest BCUT2D eigenvalue weighted by atomic mass is 79.9. The summed E-state index contributed by atoms with van der Waals surface area (Å²) in [5.74, 6) is 0.441. The van der Waals surface area contributed by atoms with Crippen LogP contribution in [0.1, 0.15) is 96.8 Å². The first-order valence-corrected chi connectivity index (χ1v) is 14.0. The molecule has 1 aromatic carbocycles. The molecule has 0 amide bonds. The minimum Gasteiger partial charge on any atom is -0.507 e. The van der Waals surface area contributed by atoms with E-state index in [2.05, 4.69) is 22.4 Å². The lowest BCUT2D eigenvalue weighted by atomic mass is 10.0. The molecule has 0 bridgehead atoms. The highest BCUT2D eigenvalue weighted by Crippen LogP contribution is 2.46. The number of aromatic hydroxyl groups is 1. The molecule has 1 rings (SSSR count). The Morgan fingerprint density at radius 1 is 0.720 bits per heavy atom. The van der Waals surface area contributed by atoms with Gasteiger partial charge in [-0.2, -0.15) is 0 Å². The van der Waals surface area contributed by atoms with E-state index in [0.717, 1.165) is 5.30 Å². The van der Waals surface area contributed by atoms with E-state index in [1.54, 1.807) is 6.07 Å². The van der Waals surface area contributed by atoms with Crippen molar-refractivity contribution in [3.8, 4) is 5.75 Å². The van der Waals surface area contributed by atoms with Crippen molar-refractivity contribution in [3.05, 3.63) is 24.3 Å². The maximum absolute atomic E-state index is 9.88. The van der Waals surface area contributed by atoms with Gasteiger partial charge in [-0.05, 0) is 31.3 Å². The third-order valence-corrected chi connectivity index (χ3v) is 8.67. The Bertz CT molecular complexity index is 424. The second kappa shape index (κ2) is 16.1. The van der Waals surface area contributed by atoms with E-state index in [0.29, 0.717) is 5.75 Å². The van der Waals surface area contributed by atoms with Crippen LogP contribution in [0.2, 0.25) is 0 Å². The summed E-state index contributed by atoms with van der Waals surface area (Å²) in [5, 5.41) is 11.0. The van der Waals surface area contributed by atoms with Gasteiger partial charge in [-0.3, -0.25) is 0 Å². The number of para-hydroxylation sites is 1. The van der Waals surface area contributed by atoms with Gasteiger partial charge in [-0.1, -0.05) is 118 Å². The fraction of sp³-hybridized carbons (Fsp3) is 0.727. The van der Waals surface area contributed by atoms with Gasteiger partial charge >= 0.3 is 0 Å².